The minimum absolute atomic E-state index is 0.00555. The second-order valence-electron chi connectivity index (χ2n) is 4.08. The number of halogens is 3. The fourth-order valence-corrected chi connectivity index (χ4v) is 1.81. The average Bonchev–Trinajstić information content (AvgIpc) is 2.37. The molecule has 0 saturated carbocycles. The average molecular weight is 279 g/mol. The van der Waals surface area contributed by atoms with E-state index < -0.39 is 17.7 Å². The Morgan fingerprint density at radius 3 is 2.60 bits per heavy atom. The van der Waals surface area contributed by atoms with Crippen molar-refractivity contribution in [3.63, 3.8) is 0 Å². The highest BCUT2D eigenvalue weighted by atomic mass is 19.4. The van der Waals surface area contributed by atoms with Gasteiger partial charge in [-0.1, -0.05) is 30.3 Å². The first-order chi connectivity index (χ1) is 9.38. The van der Waals surface area contributed by atoms with Crippen LogP contribution >= 0.6 is 0 Å². The third-order valence-electron chi connectivity index (χ3n) is 2.55. The lowest BCUT2D eigenvalue weighted by atomic mass is 9.99. The molecule has 2 nitrogen and oxygen atoms in total. The smallest absolute Gasteiger partial charge is 0.417 e. The molecule has 0 aliphatic carbocycles. The van der Waals surface area contributed by atoms with Crippen molar-refractivity contribution in [1.82, 2.24) is 0 Å². The number of benzene rings is 2. The molecule has 0 aromatic heterocycles. The van der Waals surface area contributed by atoms with Crippen LogP contribution in [0.3, 0.4) is 0 Å². The molecule has 0 N–H and O–H groups in total. The third-order valence-corrected chi connectivity index (χ3v) is 2.55. The molecule has 2 aromatic rings. The number of rotatable bonds is 2. The zero-order chi connectivity index (χ0) is 14.8. The van der Waals surface area contributed by atoms with E-state index >= 15 is 0 Å². The van der Waals surface area contributed by atoms with E-state index in [0.717, 1.165) is 0 Å². The summed E-state index contributed by atoms with van der Waals surface area (Å²) in [6, 6.07) is 12.2. The molecule has 5 heteroatoms. The van der Waals surface area contributed by atoms with Crippen molar-refractivity contribution in [2.75, 3.05) is 0 Å². The van der Waals surface area contributed by atoms with Crippen molar-refractivity contribution < 1.29 is 22.7 Å². The monoisotopic (exact) mass is 279 g/mol. The van der Waals surface area contributed by atoms with E-state index in [2.05, 4.69) is 6.07 Å². The first-order valence-electron chi connectivity index (χ1n) is 5.74. The highest BCUT2D eigenvalue weighted by Crippen LogP contribution is 2.37. The number of esters is 1. The third kappa shape index (κ3) is 3.17. The van der Waals surface area contributed by atoms with Crippen LogP contribution in [0.4, 0.5) is 13.2 Å². The molecule has 1 radical (unpaired) electrons. The van der Waals surface area contributed by atoms with Gasteiger partial charge in [0, 0.05) is 6.92 Å². The van der Waals surface area contributed by atoms with Crippen molar-refractivity contribution in [1.29, 1.82) is 0 Å². The van der Waals surface area contributed by atoms with Gasteiger partial charge in [-0.2, -0.15) is 13.2 Å². The summed E-state index contributed by atoms with van der Waals surface area (Å²) in [6.45, 7) is 1.23. The first-order valence-corrected chi connectivity index (χ1v) is 5.74. The van der Waals surface area contributed by atoms with Crippen LogP contribution in [-0.4, -0.2) is 5.97 Å². The molecule has 0 saturated heterocycles. The lowest BCUT2D eigenvalue weighted by Crippen LogP contribution is -2.07. The molecule has 0 spiro atoms. The molecular weight excluding hydrogens is 269 g/mol. The molecule has 0 aliphatic rings. The van der Waals surface area contributed by atoms with Crippen LogP contribution in [0.1, 0.15) is 12.5 Å². The maximum Gasteiger partial charge on any atom is 0.417 e. The van der Waals surface area contributed by atoms with E-state index in [4.69, 9.17) is 4.74 Å². The Labute approximate surface area is 113 Å². The number of alkyl halides is 3. The van der Waals surface area contributed by atoms with Gasteiger partial charge in [-0.15, -0.1) is 0 Å². The summed E-state index contributed by atoms with van der Waals surface area (Å²) in [7, 11) is 0. The van der Waals surface area contributed by atoms with Crippen molar-refractivity contribution in [2.45, 2.75) is 13.1 Å². The Kier molecular flexibility index (Phi) is 3.79. The van der Waals surface area contributed by atoms with Gasteiger partial charge >= 0.3 is 12.1 Å². The summed E-state index contributed by atoms with van der Waals surface area (Å²) >= 11 is 0. The largest absolute Gasteiger partial charge is 0.427 e. The van der Waals surface area contributed by atoms with Crippen LogP contribution in [0.5, 0.6) is 5.75 Å². The number of carbonyl (C=O) groups excluding carboxylic acids is 1. The Bertz CT molecular complexity index is 633. The fourth-order valence-electron chi connectivity index (χ4n) is 1.81. The van der Waals surface area contributed by atoms with Gasteiger partial charge in [0.05, 0.1) is 5.56 Å². The summed E-state index contributed by atoms with van der Waals surface area (Å²) in [5.74, 6) is -0.329. The topological polar surface area (TPSA) is 26.3 Å². The van der Waals surface area contributed by atoms with Gasteiger partial charge in [-0.25, -0.2) is 0 Å². The zero-order valence-electron chi connectivity index (χ0n) is 10.5. The second-order valence-corrected chi connectivity index (χ2v) is 4.08. The van der Waals surface area contributed by atoms with Crippen LogP contribution in [0, 0.1) is 6.07 Å². The Morgan fingerprint density at radius 1 is 1.20 bits per heavy atom. The van der Waals surface area contributed by atoms with E-state index in [1.807, 2.05) is 0 Å². The van der Waals surface area contributed by atoms with E-state index in [0.29, 0.717) is 5.56 Å². The highest BCUT2D eigenvalue weighted by Gasteiger charge is 2.33. The molecule has 0 bridgehead atoms. The van der Waals surface area contributed by atoms with E-state index in [1.54, 1.807) is 0 Å². The Morgan fingerprint density at radius 2 is 1.95 bits per heavy atom. The highest BCUT2D eigenvalue weighted by molar-refractivity contribution is 5.72. The number of carbonyl (C=O) groups is 1. The standard InChI is InChI=1S/C15H10F3O2/c1-10(19)20-12-6-4-5-11(9-12)13-7-2-3-8-14(13)15(16,17)18/h2-7,9H,1H3. The van der Waals surface area contributed by atoms with E-state index in [1.165, 1.54) is 49.4 Å². The lowest BCUT2D eigenvalue weighted by molar-refractivity contribution is -0.137. The Balaban J connectivity index is 2.49. The van der Waals surface area contributed by atoms with Crippen LogP contribution in [0.2, 0.25) is 0 Å². The summed E-state index contributed by atoms with van der Waals surface area (Å²) in [6.07, 6.45) is -4.49. The molecule has 0 unspecified atom stereocenters. The maximum atomic E-state index is 12.9. The van der Waals surface area contributed by atoms with Crippen LogP contribution in [0.15, 0.2) is 42.5 Å². The molecule has 103 valence electrons. The lowest BCUT2D eigenvalue weighted by Gasteiger charge is -2.13. The van der Waals surface area contributed by atoms with E-state index in [9.17, 15) is 18.0 Å². The predicted molar refractivity (Wildman–Crippen MR) is 67.0 cm³/mol. The van der Waals surface area contributed by atoms with Gasteiger partial charge in [0.15, 0.2) is 0 Å². The predicted octanol–water partition coefficient (Wildman–Crippen LogP) is 4.10. The Hall–Kier alpha value is -2.30. The van der Waals surface area contributed by atoms with Gasteiger partial charge in [-0.05, 0) is 29.3 Å². The van der Waals surface area contributed by atoms with Gasteiger partial charge in [0.25, 0.3) is 0 Å². The number of hydrogen-bond donors (Lipinski definition) is 0. The van der Waals surface area contributed by atoms with Crippen LogP contribution < -0.4 is 4.74 Å². The van der Waals surface area contributed by atoms with Crippen molar-refractivity contribution in [2.24, 2.45) is 0 Å². The quantitative estimate of drug-likeness (QED) is 0.611. The summed E-state index contributed by atoms with van der Waals surface area (Å²) in [5.41, 5.74) is -0.540. The number of ether oxygens (including phenoxy) is 1. The number of hydrogen-bond acceptors (Lipinski definition) is 2. The molecule has 0 fully saturated rings. The molecule has 20 heavy (non-hydrogen) atoms. The summed E-state index contributed by atoms with van der Waals surface area (Å²) in [4.78, 5) is 10.9. The SMILES string of the molecule is CC(=O)Oc1cccc(-c2ccc[c]c2C(F)(F)F)c1. The molecule has 2 aromatic carbocycles. The molecule has 0 aliphatic heterocycles. The fraction of sp³-hybridized carbons (Fsp3) is 0.133. The van der Waals surface area contributed by atoms with Crippen molar-refractivity contribution >= 4 is 5.97 Å². The summed E-state index contributed by atoms with van der Waals surface area (Å²) < 4.78 is 43.7. The minimum Gasteiger partial charge on any atom is -0.427 e. The zero-order valence-corrected chi connectivity index (χ0v) is 10.5. The normalized spacial score (nSPS) is 11.2. The minimum atomic E-state index is -4.49. The maximum absolute atomic E-state index is 12.9. The first kappa shape index (κ1) is 14.1. The van der Waals surface area contributed by atoms with Crippen LogP contribution in [-0.2, 0) is 11.0 Å². The molecule has 2 rings (SSSR count). The molecule has 0 amide bonds. The van der Waals surface area contributed by atoms with Crippen molar-refractivity contribution in [3.8, 4) is 16.9 Å². The summed E-state index contributed by atoms with van der Waals surface area (Å²) in [5, 5.41) is 0. The van der Waals surface area contributed by atoms with Gasteiger partial charge in [-0.3, -0.25) is 4.79 Å². The molecule has 0 atom stereocenters. The van der Waals surface area contributed by atoms with E-state index in [-0.39, 0.29) is 11.3 Å². The van der Waals surface area contributed by atoms with Crippen LogP contribution in [0.25, 0.3) is 11.1 Å². The molecular formula is C15H10F3O2. The van der Waals surface area contributed by atoms with Gasteiger partial charge in [0.1, 0.15) is 5.75 Å². The molecule has 0 heterocycles. The van der Waals surface area contributed by atoms with Crippen molar-refractivity contribution in [3.05, 3.63) is 54.1 Å². The van der Waals surface area contributed by atoms with Gasteiger partial charge < -0.3 is 4.74 Å². The van der Waals surface area contributed by atoms with Gasteiger partial charge in [0.2, 0.25) is 0 Å². The second kappa shape index (κ2) is 5.36.